The van der Waals surface area contributed by atoms with Crippen LogP contribution in [0.1, 0.15) is 44.3 Å². The van der Waals surface area contributed by atoms with E-state index in [0.29, 0.717) is 23.7 Å². The largest absolute Gasteiger partial charge is 0.271 e. The number of hydrogen-bond acceptors (Lipinski definition) is 3. The highest BCUT2D eigenvalue weighted by Gasteiger charge is 2.40. The lowest BCUT2D eigenvalue weighted by Crippen LogP contribution is -2.39. The Morgan fingerprint density at radius 1 is 1.68 bits per heavy atom. The van der Waals surface area contributed by atoms with Gasteiger partial charge in [0.25, 0.3) is 0 Å². The fourth-order valence-corrected chi connectivity index (χ4v) is 3.13. The lowest BCUT2D eigenvalue weighted by Gasteiger charge is -2.34. The Kier molecular flexibility index (Phi) is 4.43. The SMILES string of the molecule is CCn1ncc(Cl)c1C(NN)C1CCCC(F)(F)C1. The van der Waals surface area contributed by atoms with Crippen LogP contribution in [-0.4, -0.2) is 15.7 Å². The molecule has 7 heteroatoms. The molecule has 1 aromatic rings. The summed E-state index contributed by atoms with van der Waals surface area (Å²) < 4.78 is 28.8. The van der Waals surface area contributed by atoms with E-state index in [1.54, 1.807) is 4.68 Å². The summed E-state index contributed by atoms with van der Waals surface area (Å²) in [4.78, 5) is 0. The monoisotopic (exact) mass is 292 g/mol. The Bertz CT molecular complexity index is 435. The van der Waals surface area contributed by atoms with Crippen molar-refractivity contribution in [3.05, 3.63) is 16.9 Å². The van der Waals surface area contributed by atoms with E-state index in [-0.39, 0.29) is 24.8 Å². The highest BCUT2D eigenvalue weighted by Crippen LogP contribution is 2.43. The first kappa shape index (κ1) is 14.7. The molecule has 0 saturated heterocycles. The van der Waals surface area contributed by atoms with Crippen molar-refractivity contribution in [3.63, 3.8) is 0 Å². The van der Waals surface area contributed by atoms with Crippen LogP contribution in [0.3, 0.4) is 0 Å². The van der Waals surface area contributed by atoms with E-state index in [2.05, 4.69) is 10.5 Å². The molecule has 0 spiro atoms. The number of nitrogens with zero attached hydrogens (tertiary/aromatic N) is 2. The molecular formula is C12H19ClF2N4. The molecule has 19 heavy (non-hydrogen) atoms. The van der Waals surface area contributed by atoms with Crippen LogP contribution < -0.4 is 11.3 Å². The summed E-state index contributed by atoms with van der Waals surface area (Å²) in [5, 5.41) is 4.61. The molecule has 0 amide bonds. The van der Waals surface area contributed by atoms with Crippen molar-refractivity contribution in [2.75, 3.05) is 0 Å². The van der Waals surface area contributed by atoms with E-state index in [1.165, 1.54) is 6.20 Å². The van der Waals surface area contributed by atoms with Gasteiger partial charge in [0, 0.05) is 19.4 Å². The topological polar surface area (TPSA) is 55.9 Å². The van der Waals surface area contributed by atoms with Gasteiger partial charge in [-0.1, -0.05) is 11.6 Å². The van der Waals surface area contributed by atoms with Gasteiger partial charge in [-0.05, 0) is 25.7 Å². The molecule has 0 radical (unpaired) electrons. The van der Waals surface area contributed by atoms with Crippen molar-refractivity contribution in [2.24, 2.45) is 11.8 Å². The standard InChI is InChI=1S/C12H19ClF2N4/c1-2-19-11(9(13)7-17-19)10(18-16)8-4-3-5-12(14,15)6-8/h7-8,10,18H,2-6,16H2,1H3. The van der Waals surface area contributed by atoms with E-state index >= 15 is 0 Å². The van der Waals surface area contributed by atoms with Crippen LogP contribution in [0.5, 0.6) is 0 Å². The van der Waals surface area contributed by atoms with E-state index in [1.807, 2.05) is 6.92 Å². The second-order valence-corrected chi connectivity index (χ2v) is 5.46. The molecule has 1 aliphatic rings. The predicted molar refractivity (Wildman–Crippen MR) is 69.9 cm³/mol. The zero-order valence-electron chi connectivity index (χ0n) is 10.9. The third-order valence-electron chi connectivity index (χ3n) is 3.76. The fraction of sp³-hybridized carbons (Fsp3) is 0.750. The number of alkyl halides is 2. The van der Waals surface area contributed by atoms with Crippen molar-refractivity contribution in [2.45, 2.75) is 51.1 Å². The molecule has 1 heterocycles. The summed E-state index contributed by atoms with van der Waals surface area (Å²) >= 11 is 6.12. The van der Waals surface area contributed by atoms with Gasteiger partial charge in [0.2, 0.25) is 5.92 Å². The van der Waals surface area contributed by atoms with Gasteiger partial charge in [-0.25, -0.2) is 8.78 Å². The van der Waals surface area contributed by atoms with Crippen molar-refractivity contribution in [3.8, 4) is 0 Å². The zero-order chi connectivity index (χ0) is 14.0. The number of hydrazine groups is 1. The predicted octanol–water partition coefficient (Wildman–Crippen LogP) is 2.89. The van der Waals surface area contributed by atoms with Crippen molar-refractivity contribution in [1.29, 1.82) is 0 Å². The van der Waals surface area contributed by atoms with Gasteiger partial charge in [-0.2, -0.15) is 5.10 Å². The number of nitrogens with two attached hydrogens (primary N) is 1. The number of rotatable bonds is 4. The normalized spacial score (nSPS) is 24.4. The molecule has 4 nitrogen and oxygen atoms in total. The molecule has 2 unspecified atom stereocenters. The van der Waals surface area contributed by atoms with Crippen LogP contribution in [-0.2, 0) is 6.54 Å². The molecule has 1 saturated carbocycles. The molecule has 0 aliphatic heterocycles. The van der Waals surface area contributed by atoms with Crippen molar-refractivity contribution >= 4 is 11.6 Å². The summed E-state index contributed by atoms with van der Waals surface area (Å²) in [7, 11) is 0. The molecule has 2 atom stereocenters. The van der Waals surface area contributed by atoms with E-state index in [9.17, 15) is 8.78 Å². The lowest BCUT2D eigenvalue weighted by atomic mass is 9.81. The Morgan fingerprint density at radius 3 is 3.00 bits per heavy atom. The van der Waals surface area contributed by atoms with Gasteiger partial charge >= 0.3 is 0 Å². The van der Waals surface area contributed by atoms with E-state index in [0.717, 1.165) is 6.42 Å². The minimum atomic E-state index is -2.61. The first-order valence-corrected chi connectivity index (χ1v) is 6.91. The number of aromatic nitrogens is 2. The summed E-state index contributed by atoms with van der Waals surface area (Å²) in [6, 6.07) is -0.388. The van der Waals surface area contributed by atoms with Gasteiger partial charge in [0.1, 0.15) is 0 Å². The quantitative estimate of drug-likeness (QED) is 0.663. The highest BCUT2D eigenvalue weighted by atomic mass is 35.5. The second kappa shape index (κ2) is 5.73. The molecule has 0 aromatic carbocycles. The average Bonchev–Trinajstić information content (AvgIpc) is 2.71. The number of halogens is 3. The Morgan fingerprint density at radius 2 is 2.42 bits per heavy atom. The van der Waals surface area contributed by atoms with Gasteiger partial charge in [-0.3, -0.25) is 16.0 Å². The maximum atomic E-state index is 13.6. The molecule has 3 N–H and O–H groups in total. The van der Waals surface area contributed by atoms with Crippen LogP contribution >= 0.6 is 11.6 Å². The molecule has 2 rings (SSSR count). The molecule has 1 aromatic heterocycles. The Balaban J connectivity index is 2.26. The molecule has 1 aliphatic carbocycles. The molecule has 108 valence electrons. The number of nitrogens with one attached hydrogen (secondary N) is 1. The Labute approximate surface area is 116 Å². The van der Waals surface area contributed by atoms with Crippen LogP contribution in [0.4, 0.5) is 8.78 Å². The minimum absolute atomic E-state index is 0.0401. The number of hydrogen-bond donors (Lipinski definition) is 2. The number of aryl methyl sites for hydroxylation is 1. The summed E-state index contributed by atoms with van der Waals surface area (Å²) in [5.74, 6) is 2.74. The first-order chi connectivity index (χ1) is 8.98. The first-order valence-electron chi connectivity index (χ1n) is 6.53. The van der Waals surface area contributed by atoms with Crippen molar-refractivity contribution in [1.82, 2.24) is 15.2 Å². The summed E-state index contributed by atoms with van der Waals surface area (Å²) in [6.07, 6.45) is 2.56. The summed E-state index contributed by atoms with van der Waals surface area (Å²) in [6.45, 7) is 2.55. The summed E-state index contributed by atoms with van der Waals surface area (Å²) in [5.41, 5.74) is 3.35. The van der Waals surface area contributed by atoms with Crippen LogP contribution in [0.15, 0.2) is 6.20 Å². The van der Waals surface area contributed by atoms with Gasteiger partial charge in [-0.15, -0.1) is 0 Å². The lowest BCUT2D eigenvalue weighted by molar-refractivity contribution is -0.0588. The fourth-order valence-electron chi connectivity index (χ4n) is 2.87. The maximum absolute atomic E-state index is 13.6. The Hall–Kier alpha value is -0.720. The molecule has 0 bridgehead atoms. The van der Waals surface area contributed by atoms with Gasteiger partial charge in [0.05, 0.1) is 23.0 Å². The third kappa shape index (κ3) is 3.07. The minimum Gasteiger partial charge on any atom is -0.271 e. The zero-order valence-corrected chi connectivity index (χ0v) is 11.6. The van der Waals surface area contributed by atoms with Gasteiger partial charge < -0.3 is 0 Å². The third-order valence-corrected chi connectivity index (χ3v) is 4.05. The smallest absolute Gasteiger partial charge is 0.248 e. The van der Waals surface area contributed by atoms with Crippen LogP contribution in [0.2, 0.25) is 5.02 Å². The van der Waals surface area contributed by atoms with Crippen LogP contribution in [0.25, 0.3) is 0 Å². The molecule has 1 fully saturated rings. The van der Waals surface area contributed by atoms with E-state index < -0.39 is 5.92 Å². The van der Waals surface area contributed by atoms with Gasteiger partial charge in [0.15, 0.2) is 0 Å². The highest BCUT2D eigenvalue weighted by molar-refractivity contribution is 6.31. The maximum Gasteiger partial charge on any atom is 0.248 e. The van der Waals surface area contributed by atoms with Crippen LogP contribution in [0, 0.1) is 5.92 Å². The average molecular weight is 293 g/mol. The second-order valence-electron chi connectivity index (χ2n) is 5.05. The van der Waals surface area contributed by atoms with Crippen molar-refractivity contribution < 1.29 is 8.78 Å². The molecular weight excluding hydrogens is 274 g/mol. The van der Waals surface area contributed by atoms with E-state index in [4.69, 9.17) is 17.4 Å².